The lowest BCUT2D eigenvalue weighted by molar-refractivity contribution is -0.112. The summed E-state index contributed by atoms with van der Waals surface area (Å²) in [5.74, 6) is -0.983. The van der Waals surface area contributed by atoms with Gasteiger partial charge in [-0.1, -0.05) is 12.1 Å². The maximum absolute atomic E-state index is 12.8. The Bertz CT molecular complexity index is 1030. The largest absolute Gasteiger partial charge is 0.465 e. The van der Waals surface area contributed by atoms with Crippen molar-refractivity contribution >= 4 is 40.0 Å². The molecule has 0 spiro atoms. The van der Waals surface area contributed by atoms with Gasteiger partial charge in [0.1, 0.15) is 16.6 Å². The van der Waals surface area contributed by atoms with Crippen LogP contribution in [0, 0.1) is 11.3 Å². The lowest BCUT2D eigenvalue weighted by Gasteiger charge is -2.20. The van der Waals surface area contributed by atoms with Gasteiger partial charge in [0.15, 0.2) is 0 Å². The number of hydrogen-bond donors (Lipinski definition) is 1. The third-order valence-corrected chi connectivity index (χ3v) is 6.69. The monoisotopic (exact) mass is 437 g/mol. The Morgan fingerprint density at radius 1 is 1.19 bits per heavy atom. The van der Waals surface area contributed by atoms with Gasteiger partial charge in [-0.05, 0) is 68.9 Å². The third-order valence-electron chi connectivity index (χ3n) is 5.49. The number of methoxy groups -OCH3 is 1. The van der Waals surface area contributed by atoms with E-state index in [9.17, 15) is 14.9 Å². The normalized spacial score (nSPS) is 13.2. The Hall–Kier alpha value is -3.11. The Balaban J connectivity index is 1.84. The number of nitrogens with zero attached hydrogens (tertiary/aromatic N) is 2. The van der Waals surface area contributed by atoms with Crippen molar-refractivity contribution in [1.29, 1.82) is 5.26 Å². The van der Waals surface area contributed by atoms with E-state index in [2.05, 4.69) is 24.1 Å². The van der Waals surface area contributed by atoms with Crippen molar-refractivity contribution in [2.24, 2.45) is 0 Å². The molecule has 162 valence electrons. The highest BCUT2D eigenvalue weighted by Crippen LogP contribution is 2.38. The average molecular weight is 438 g/mol. The number of carbonyl (C=O) groups is 2. The number of nitrogens with one attached hydrogen (secondary N) is 1. The summed E-state index contributed by atoms with van der Waals surface area (Å²) in [7, 11) is 1.34. The second-order valence-corrected chi connectivity index (χ2v) is 8.40. The van der Waals surface area contributed by atoms with Gasteiger partial charge in [-0.2, -0.15) is 5.26 Å². The van der Waals surface area contributed by atoms with Crippen LogP contribution in [0.4, 0.5) is 10.7 Å². The van der Waals surface area contributed by atoms with Crippen LogP contribution >= 0.6 is 11.3 Å². The van der Waals surface area contributed by atoms with Gasteiger partial charge in [-0.25, -0.2) is 4.79 Å². The number of fused-ring (bicyclic) bond motifs is 1. The summed E-state index contributed by atoms with van der Waals surface area (Å²) in [5.41, 5.74) is 3.24. The fraction of sp³-hybridized carbons (Fsp3) is 0.375. The van der Waals surface area contributed by atoms with Gasteiger partial charge in [-0.3, -0.25) is 4.79 Å². The van der Waals surface area contributed by atoms with E-state index in [4.69, 9.17) is 4.74 Å². The maximum Gasteiger partial charge on any atom is 0.341 e. The number of aryl methyl sites for hydroxylation is 1. The molecule has 0 saturated carbocycles. The van der Waals surface area contributed by atoms with Crippen LogP contribution < -0.4 is 10.2 Å². The molecular weight excluding hydrogens is 410 g/mol. The lowest BCUT2D eigenvalue weighted by atomic mass is 9.95. The Morgan fingerprint density at radius 2 is 1.87 bits per heavy atom. The molecule has 1 amide bonds. The molecule has 0 radical (unpaired) electrons. The standard InChI is InChI=1S/C24H27N3O3S/c1-4-27(5-2)18-12-10-16(11-13-18)14-17(15-25)22(28)26-23-21(24(29)30-3)19-8-6-7-9-20(19)31-23/h10-14H,4-9H2,1-3H3,(H,26,28). The number of rotatable bonds is 7. The summed E-state index contributed by atoms with van der Waals surface area (Å²) in [6, 6.07) is 9.72. The molecule has 1 aromatic carbocycles. The fourth-order valence-corrected chi connectivity index (χ4v) is 5.10. The van der Waals surface area contributed by atoms with Crippen LogP contribution in [0.15, 0.2) is 29.8 Å². The molecule has 0 atom stereocenters. The van der Waals surface area contributed by atoms with E-state index in [1.165, 1.54) is 18.4 Å². The van der Waals surface area contributed by atoms with Gasteiger partial charge >= 0.3 is 5.97 Å². The summed E-state index contributed by atoms with van der Waals surface area (Å²) in [6.45, 7) is 6.01. The van der Waals surface area contributed by atoms with Gasteiger partial charge in [0.05, 0.1) is 12.7 Å². The highest BCUT2D eigenvalue weighted by atomic mass is 32.1. The van der Waals surface area contributed by atoms with Gasteiger partial charge in [0.2, 0.25) is 0 Å². The number of anilines is 2. The summed E-state index contributed by atoms with van der Waals surface area (Å²) in [5, 5.41) is 12.8. The number of ether oxygens (including phenoxy) is 1. The summed E-state index contributed by atoms with van der Waals surface area (Å²) in [4.78, 5) is 28.5. The predicted molar refractivity (Wildman–Crippen MR) is 125 cm³/mol. The molecule has 31 heavy (non-hydrogen) atoms. The van der Waals surface area contributed by atoms with Crippen LogP contribution in [-0.2, 0) is 22.4 Å². The molecule has 1 aliphatic rings. The quantitative estimate of drug-likeness (QED) is 0.382. The minimum atomic E-state index is -0.529. The Labute approximate surface area is 187 Å². The molecule has 0 fully saturated rings. The van der Waals surface area contributed by atoms with E-state index in [-0.39, 0.29) is 5.57 Å². The smallest absolute Gasteiger partial charge is 0.341 e. The van der Waals surface area contributed by atoms with Crippen molar-refractivity contribution in [2.45, 2.75) is 39.5 Å². The van der Waals surface area contributed by atoms with E-state index in [0.717, 1.165) is 60.5 Å². The molecule has 1 N–H and O–H groups in total. The lowest BCUT2D eigenvalue weighted by Crippen LogP contribution is -2.21. The highest BCUT2D eigenvalue weighted by Gasteiger charge is 2.27. The molecule has 1 aliphatic carbocycles. The third kappa shape index (κ3) is 4.97. The minimum Gasteiger partial charge on any atom is -0.465 e. The van der Waals surface area contributed by atoms with Gasteiger partial charge < -0.3 is 15.0 Å². The summed E-state index contributed by atoms with van der Waals surface area (Å²) in [6.07, 6.45) is 5.32. The molecule has 6 nitrogen and oxygen atoms in total. The van der Waals surface area contributed by atoms with Gasteiger partial charge in [-0.15, -0.1) is 11.3 Å². The second kappa shape index (κ2) is 10.3. The second-order valence-electron chi connectivity index (χ2n) is 7.29. The highest BCUT2D eigenvalue weighted by molar-refractivity contribution is 7.17. The summed E-state index contributed by atoms with van der Waals surface area (Å²) < 4.78 is 4.95. The first-order valence-corrected chi connectivity index (χ1v) is 11.3. The van der Waals surface area contributed by atoms with Crippen LogP contribution in [0.1, 0.15) is 53.1 Å². The number of amides is 1. The Kier molecular flexibility index (Phi) is 7.48. The number of carbonyl (C=O) groups excluding carboxylic acids is 2. The average Bonchev–Trinajstić information content (AvgIpc) is 3.16. The number of thiophene rings is 1. The summed E-state index contributed by atoms with van der Waals surface area (Å²) >= 11 is 1.40. The van der Waals surface area contributed by atoms with Crippen LogP contribution in [0.25, 0.3) is 6.08 Å². The zero-order chi connectivity index (χ0) is 22.4. The van der Waals surface area contributed by atoms with E-state index in [1.54, 1.807) is 6.08 Å². The van der Waals surface area contributed by atoms with Crippen molar-refractivity contribution < 1.29 is 14.3 Å². The van der Waals surface area contributed by atoms with Crippen LogP contribution in [0.5, 0.6) is 0 Å². The molecule has 0 bridgehead atoms. The van der Waals surface area contributed by atoms with Crippen molar-refractivity contribution in [1.82, 2.24) is 0 Å². The van der Waals surface area contributed by atoms with E-state index in [1.807, 2.05) is 30.3 Å². The number of nitriles is 1. The molecular formula is C24H27N3O3S. The van der Waals surface area contributed by atoms with Crippen molar-refractivity contribution in [3.63, 3.8) is 0 Å². The van der Waals surface area contributed by atoms with Crippen LogP contribution in [0.2, 0.25) is 0 Å². The molecule has 1 aromatic heterocycles. The molecule has 2 aromatic rings. The van der Waals surface area contributed by atoms with Crippen molar-refractivity contribution in [2.75, 3.05) is 30.4 Å². The Morgan fingerprint density at radius 3 is 2.48 bits per heavy atom. The molecule has 3 rings (SSSR count). The van der Waals surface area contributed by atoms with Gasteiger partial charge in [0.25, 0.3) is 5.91 Å². The first-order chi connectivity index (χ1) is 15.0. The molecule has 7 heteroatoms. The first-order valence-electron chi connectivity index (χ1n) is 10.5. The fourth-order valence-electron chi connectivity index (χ4n) is 3.83. The minimum absolute atomic E-state index is 0.0159. The topological polar surface area (TPSA) is 82.4 Å². The van der Waals surface area contributed by atoms with Gasteiger partial charge in [0, 0.05) is 23.7 Å². The number of benzene rings is 1. The number of esters is 1. The number of hydrogen-bond acceptors (Lipinski definition) is 6. The van der Waals surface area contributed by atoms with Crippen LogP contribution in [0.3, 0.4) is 0 Å². The van der Waals surface area contributed by atoms with Crippen LogP contribution in [-0.4, -0.2) is 32.1 Å². The van der Waals surface area contributed by atoms with Crippen molar-refractivity contribution in [3.8, 4) is 6.07 Å². The molecule has 0 saturated heterocycles. The molecule has 1 heterocycles. The van der Waals surface area contributed by atoms with E-state index >= 15 is 0 Å². The molecule has 0 unspecified atom stereocenters. The van der Waals surface area contributed by atoms with E-state index < -0.39 is 11.9 Å². The maximum atomic E-state index is 12.8. The SMILES string of the molecule is CCN(CC)c1ccc(C=C(C#N)C(=O)Nc2sc3c(c2C(=O)OC)CCCC3)cc1. The van der Waals surface area contributed by atoms with Crippen molar-refractivity contribution in [3.05, 3.63) is 51.4 Å². The molecule has 0 aliphatic heterocycles. The zero-order valence-electron chi connectivity index (χ0n) is 18.2. The first kappa shape index (κ1) is 22.6. The zero-order valence-corrected chi connectivity index (χ0v) is 19.0. The predicted octanol–water partition coefficient (Wildman–Crippen LogP) is 4.81. The van der Waals surface area contributed by atoms with E-state index in [0.29, 0.717) is 10.6 Å².